The molecule has 3 rings (SSSR count). The molecule has 0 fully saturated rings. The molecule has 5 heteroatoms. The Kier molecular flexibility index (Phi) is 5.26. The number of nitrogens with zero attached hydrogens (tertiary/aromatic N) is 1. The zero-order valence-corrected chi connectivity index (χ0v) is 15.5. The van der Waals surface area contributed by atoms with Crippen LogP contribution in [0.1, 0.15) is 29.3 Å². The molecule has 0 unspecified atom stereocenters. The fourth-order valence-electron chi connectivity index (χ4n) is 2.66. The Labute approximate surface area is 156 Å². The highest BCUT2D eigenvalue weighted by atomic mass is 35.5. The number of rotatable bonds is 5. The Morgan fingerprint density at radius 2 is 1.88 bits per heavy atom. The second-order valence-corrected chi connectivity index (χ2v) is 6.52. The summed E-state index contributed by atoms with van der Waals surface area (Å²) in [7, 11) is 0. The predicted octanol–water partition coefficient (Wildman–Crippen LogP) is 6.03. The lowest BCUT2D eigenvalue weighted by Gasteiger charge is -2.11. The molecule has 0 spiro atoms. The summed E-state index contributed by atoms with van der Waals surface area (Å²) < 4.78 is 5.60. The third-order valence-electron chi connectivity index (χ3n) is 4.00. The first-order chi connectivity index (χ1) is 12.0. The number of carbonyl (C=O) groups excluding carboxylic acids is 1. The smallest absolute Gasteiger partial charge is 0.253 e. The largest absolute Gasteiger partial charge is 0.494 e. The van der Waals surface area contributed by atoms with Crippen molar-refractivity contribution >= 4 is 39.3 Å². The van der Waals surface area contributed by atoms with Crippen LogP contribution in [0.15, 0.2) is 42.5 Å². The topological polar surface area (TPSA) is 39.2 Å². The van der Waals surface area contributed by atoms with E-state index >= 15 is 0 Å². The monoisotopic (exact) mass is 373 g/mol. The van der Waals surface area contributed by atoms with Crippen LogP contribution in [0.25, 0.3) is 22.2 Å². The number of hydrogen-bond acceptors (Lipinski definition) is 3. The molecule has 25 heavy (non-hydrogen) atoms. The average Bonchev–Trinajstić information content (AvgIpc) is 2.62. The first-order valence-corrected chi connectivity index (χ1v) is 8.79. The second kappa shape index (κ2) is 7.42. The minimum Gasteiger partial charge on any atom is -0.494 e. The van der Waals surface area contributed by atoms with Crippen LogP contribution in [-0.4, -0.2) is 16.8 Å². The lowest BCUT2D eigenvalue weighted by Crippen LogP contribution is -1.98. The second-order valence-electron chi connectivity index (χ2n) is 5.77. The first-order valence-electron chi connectivity index (χ1n) is 8.04. The summed E-state index contributed by atoms with van der Waals surface area (Å²) in [6, 6.07) is 12.9. The van der Waals surface area contributed by atoms with E-state index < -0.39 is 5.24 Å². The molecule has 0 bridgehead atoms. The molecule has 3 nitrogen and oxygen atoms in total. The molecule has 1 heterocycles. The Hall–Kier alpha value is -2.10. The van der Waals surface area contributed by atoms with E-state index in [-0.39, 0.29) is 0 Å². The number of fused-ring (bicyclic) bond motifs is 1. The van der Waals surface area contributed by atoms with Gasteiger partial charge in [-0.05, 0) is 66.9 Å². The highest BCUT2D eigenvalue weighted by molar-refractivity contribution is 6.68. The van der Waals surface area contributed by atoms with Gasteiger partial charge in [-0.1, -0.05) is 24.6 Å². The number of ether oxygens (including phenoxy) is 1. The molecule has 128 valence electrons. The van der Waals surface area contributed by atoms with E-state index in [1.165, 1.54) is 0 Å². The van der Waals surface area contributed by atoms with E-state index in [0.717, 1.165) is 23.3 Å². The number of aryl methyl sites for hydroxylation is 1. The van der Waals surface area contributed by atoms with Crippen molar-refractivity contribution in [2.24, 2.45) is 0 Å². The summed E-state index contributed by atoms with van der Waals surface area (Å²) >= 11 is 12.0. The van der Waals surface area contributed by atoms with Crippen LogP contribution in [-0.2, 0) is 0 Å². The fourth-order valence-corrected chi connectivity index (χ4v) is 2.97. The third-order valence-corrected chi connectivity index (χ3v) is 4.62. The maximum absolute atomic E-state index is 11.9. The molecule has 3 aromatic rings. The van der Waals surface area contributed by atoms with Gasteiger partial charge in [0.25, 0.3) is 5.24 Å². The van der Waals surface area contributed by atoms with Gasteiger partial charge < -0.3 is 4.74 Å². The first kappa shape index (κ1) is 17.7. The van der Waals surface area contributed by atoms with Crippen LogP contribution in [0.3, 0.4) is 0 Å². The van der Waals surface area contributed by atoms with Crippen molar-refractivity contribution in [2.75, 3.05) is 6.61 Å². The van der Waals surface area contributed by atoms with Gasteiger partial charge in [0.2, 0.25) is 0 Å². The lowest BCUT2D eigenvalue weighted by molar-refractivity contribution is 0.108. The van der Waals surface area contributed by atoms with Crippen molar-refractivity contribution < 1.29 is 9.53 Å². The minimum absolute atomic E-state index is 0.424. The number of benzene rings is 2. The summed E-state index contributed by atoms with van der Waals surface area (Å²) in [5.41, 5.74) is 3.48. The Balaban J connectivity index is 2.13. The van der Waals surface area contributed by atoms with Crippen molar-refractivity contribution in [3.63, 3.8) is 0 Å². The molecule has 0 N–H and O–H groups in total. The predicted molar refractivity (Wildman–Crippen MR) is 103 cm³/mol. The molecule has 0 aliphatic carbocycles. The normalized spacial score (nSPS) is 10.9. The highest BCUT2D eigenvalue weighted by Gasteiger charge is 2.15. The van der Waals surface area contributed by atoms with E-state index in [1.54, 1.807) is 18.2 Å². The molecule has 2 aromatic carbocycles. The van der Waals surface area contributed by atoms with Gasteiger partial charge in [-0.3, -0.25) is 4.79 Å². The SMILES string of the molecule is CCCOc1ccc(-c2cc(C(=O)Cl)c3ccc(Cl)c(C)c3n2)cc1. The molecule has 0 saturated carbocycles. The number of hydrogen-bond donors (Lipinski definition) is 0. The summed E-state index contributed by atoms with van der Waals surface area (Å²) in [5, 5.41) is 0.792. The zero-order chi connectivity index (χ0) is 18.0. The molecule has 0 atom stereocenters. The van der Waals surface area contributed by atoms with Gasteiger partial charge in [0.15, 0.2) is 0 Å². The molecule has 0 aliphatic heterocycles. The quantitative estimate of drug-likeness (QED) is 0.512. The number of pyridine rings is 1. The maximum atomic E-state index is 11.9. The molecule has 0 amide bonds. The van der Waals surface area contributed by atoms with Crippen LogP contribution in [0.2, 0.25) is 5.02 Å². The molecule has 0 radical (unpaired) electrons. The van der Waals surface area contributed by atoms with Gasteiger partial charge in [-0.25, -0.2) is 4.98 Å². The van der Waals surface area contributed by atoms with Crippen molar-refractivity contribution in [1.29, 1.82) is 0 Å². The van der Waals surface area contributed by atoms with Crippen molar-refractivity contribution in [2.45, 2.75) is 20.3 Å². The van der Waals surface area contributed by atoms with Crippen molar-refractivity contribution in [3.8, 4) is 17.0 Å². The van der Waals surface area contributed by atoms with E-state index in [4.69, 9.17) is 32.9 Å². The maximum Gasteiger partial charge on any atom is 0.253 e. The molecule has 0 aliphatic rings. The fraction of sp³-hybridized carbons (Fsp3) is 0.200. The van der Waals surface area contributed by atoms with Gasteiger partial charge in [-0.2, -0.15) is 0 Å². The number of halogens is 2. The van der Waals surface area contributed by atoms with E-state index in [9.17, 15) is 4.79 Å². The highest BCUT2D eigenvalue weighted by Crippen LogP contribution is 2.31. The summed E-state index contributed by atoms with van der Waals surface area (Å²) in [6.07, 6.45) is 0.954. The van der Waals surface area contributed by atoms with Gasteiger partial charge in [0, 0.05) is 21.5 Å². The van der Waals surface area contributed by atoms with Gasteiger partial charge in [0.1, 0.15) is 5.75 Å². The minimum atomic E-state index is -0.515. The zero-order valence-electron chi connectivity index (χ0n) is 14.0. The summed E-state index contributed by atoms with van der Waals surface area (Å²) in [4.78, 5) is 16.6. The molecular weight excluding hydrogens is 357 g/mol. The summed E-state index contributed by atoms with van der Waals surface area (Å²) in [5.74, 6) is 0.805. The van der Waals surface area contributed by atoms with Crippen molar-refractivity contribution in [3.05, 3.63) is 58.6 Å². The summed E-state index contributed by atoms with van der Waals surface area (Å²) in [6.45, 7) is 4.62. The van der Waals surface area contributed by atoms with Crippen LogP contribution >= 0.6 is 23.2 Å². The molecule has 1 aromatic heterocycles. The van der Waals surface area contributed by atoms with Crippen LogP contribution in [0, 0.1) is 6.92 Å². The molecule has 0 saturated heterocycles. The van der Waals surface area contributed by atoms with E-state index in [1.807, 2.05) is 31.2 Å². The van der Waals surface area contributed by atoms with Crippen LogP contribution < -0.4 is 4.74 Å². The van der Waals surface area contributed by atoms with Gasteiger partial charge >= 0.3 is 0 Å². The third kappa shape index (κ3) is 3.63. The van der Waals surface area contributed by atoms with Gasteiger partial charge in [0.05, 0.1) is 17.8 Å². The van der Waals surface area contributed by atoms with Crippen LogP contribution in [0.4, 0.5) is 0 Å². The number of carbonyl (C=O) groups is 1. The molecular formula is C20H17Cl2NO2. The Morgan fingerprint density at radius 3 is 2.52 bits per heavy atom. The number of aromatic nitrogens is 1. The average molecular weight is 374 g/mol. The van der Waals surface area contributed by atoms with Crippen LogP contribution in [0.5, 0.6) is 5.75 Å². The Bertz CT molecular complexity index is 937. The lowest BCUT2D eigenvalue weighted by atomic mass is 10.0. The van der Waals surface area contributed by atoms with E-state index in [0.29, 0.717) is 33.8 Å². The Morgan fingerprint density at radius 1 is 1.16 bits per heavy atom. The van der Waals surface area contributed by atoms with Gasteiger partial charge in [-0.15, -0.1) is 0 Å². The van der Waals surface area contributed by atoms with Crippen molar-refractivity contribution in [1.82, 2.24) is 4.98 Å². The van der Waals surface area contributed by atoms with E-state index in [2.05, 4.69) is 6.92 Å². The standard InChI is InChI=1S/C20H17Cl2NO2/c1-3-10-25-14-6-4-13(5-7-14)18-11-16(20(22)24)15-8-9-17(21)12(2)19(15)23-18/h4-9,11H,3,10H2,1-2H3.